The van der Waals surface area contributed by atoms with Crippen LogP contribution in [0, 0.1) is 10.1 Å². The maximum absolute atomic E-state index is 12.2. The average molecular weight is 313 g/mol. The topological polar surface area (TPSA) is 101 Å². The molecule has 2 atom stereocenters. The highest BCUT2D eigenvalue weighted by Crippen LogP contribution is 2.20. The van der Waals surface area contributed by atoms with Gasteiger partial charge in [-0.1, -0.05) is 18.2 Å². The molecule has 1 aliphatic heterocycles. The molecule has 0 bridgehead atoms. The quantitative estimate of drug-likeness (QED) is 0.627. The molecule has 8 heteroatoms. The zero-order chi connectivity index (χ0) is 15.5. The van der Waals surface area contributed by atoms with Crippen LogP contribution in [0.15, 0.2) is 24.3 Å². The van der Waals surface area contributed by atoms with Crippen LogP contribution in [-0.4, -0.2) is 32.0 Å². The Bertz CT molecular complexity index is 618. The van der Waals surface area contributed by atoms with Crippen molar-refractivity contribution in [3.63, 3.8) is 0 Å². The van der Waals surface area contributed by atoms with Gasteiger partial charge in [-0.3, -0.25) is 10.1 Å². The van der Waals surface area contributed by atoms with Gasteiger partial charge in [-0.15, -0.1) is 0 Å². The van der Waals surface area contributed by atoms with Gasteiger partial charge in [0.2, 0.25) is 10.0 Å². The van der Waals surface area contributed by atoms with Gasteiger partial charge in [0.1, 0.15) is 0 Å². The number of hydrogen-bond donors (Lipinski definition) is 2. The van der Waals surface area contributed by atoms with Gasteiger partial charge in [0, 0.05) is 23.7 Å². The highest BCUT2D eigenvalue weighted by Gasteiger charge is 2.25. The molecule has 7 nitrogen and oxygen atoms in total. The van der Waals surface area contributed by atoms with Gasteiger partial charge < -0.3 is 5.32 Å². The molecule has 2 rings (SSSR count). The number of piperidine rings is 1. The Balaban J connectivity index is 2.09. The summed E-state index contributed by atoms with van der Waals surface area (Å²) in [5.41, 5.74) is 0.0403. The van der Waals surface area contributed by atoms with Crippen LogP contribution in [-0.2, 0) is 15.8 Å². The van der Waals surface area contributed by atoms with Crippen molar-refractivity contribution in [3.05, 3.63) is 39.9 Å². The van der Waals surface area contributed by atoms with Crippen molar-refractivity contribution in [1.29, 1.82) is 0 Å². The van der Waals surface area contributed by atoms with Crippen molar-refractivity contribution >= 4 is 15.7 Å². The fourth-order valence-corrected chi connectivity index (χ4v) is 4.01. The van der Waals surface area contributed by atoms with Gasteiger partial charge in [0.05, 0.1) is 10.7 Å². The van der Waals surface area contributed by atoms with E-state index in [0.29, 0.717) is 0 Å². The fraction of sp³-hybridized carbons (Fsp3) is 0.538. The fourth-order valence-electron chi connectivity index (χ4n) is 2.55. The van der Waals surface area contributed by atoms with Crippen molar-refractivity contribution in [2.75, 3.05) is 6.54 Å². The van der Waals surface area contributed by atoms with Gasteiger partial charge in [-0.05, 0) is 26.3 Å². The van der Waals surface area contributed by atoms with Gasteiger partial charge in [0.15, 0.2) is 0 Å². The normalized spacial score (nSPS) is 22.9. The van der Waals surface area contributed by atoms with Crippen LogP contribution >= 0.6 is 0 Å². The predicted octanol–water partition coefficient (Wildman–Crippen LogP) is 1.15. The van der Waals surface area contributed by atoms with E-state index in [1.165, 1.54) is 18.2 Å². The van der Waals surface area contributed by atoms with Crippen LogP contribution in [0.4, 0.5) is 5.69 Å². The van der Waals surface area contributed by atoms with Gasteiger partial charge in [-0.25, -0.2) is 13.1 Å². The molecule has 1 aliphatic rings. The Kier molecular flexibility index (Phi) is 4.92. The monoisotopic (exact) mass is 313 g/mol. The van der Waals surface area contributed by atoms with Crippen molar-refractivity contribution in [2.45, 2.75) is 37.6 Å². The van der Waals surface area contributed by atoms with E-state index in [1.807, 2.05) is 6.92 Å². The molecule has 0 radical (unpaired) electrons. The van der Waals surface area contributed by atoms with Crippen LogP contribution in [0.25, 0.3) is 0 Å². The minimum Gasteiger partial charge on any atom is -0.314 e. The first kappa shape index (κ1) is 15.9. The minimum atomic E-state index is -3.60. The summed E-state index contributed by atoms with van der Waals surface area (Å²) in [6.45, 7) is 2.77. The zero-order valence-corrected chi connectivity index (χ0v) is 12.6. The molecule has 1 fully saturated rings. The largest absolute Gasteiger partial charge is 0.314 e. The lowest BCUT2D eigenvalue weighted by atomic mass is 10.0. The summed E-state index contributed by atoms with van der Waals surface area (Å²) >= 11 is 0. The third-order valence-corrected chi connectivity index (χ3v) is 4.89. The van der Waals surface area contributed by atoms with E-state index >= 15 is 0 Å². The van der Waals surface area contributed by atoms with Crippen LogP contribution in [0.1, 0.15) is 25.3 Å². The molecule has 2 N–H and O–H groups in total. The molecule has 2 unspecified atom stereocenters. The molecule has 0 aromatic heterocycles. The van der Waals surface area contributed by atoms with Crippen molar-refractivity contribution in [1.82, 2.24) is 10.0 Å². The number of hydrogen-bond acceptors (Lipinski definition) is 5. The molecule has 21 heavy (non-hydrogen) atoms. The maximum atomic E-state index is 12.2. The molecule has 1 saturated heterocycles. The van der Waals surface area contributed by atoms with Crippen LogP contribution < -0.4 is 10.0 Å². The molecular weight excluding hydrogens is 294 g/mol. The Labute approximate surface area is 123 Å². The van der Waals surface area contributed by atoms with Crippen LogP contribution in [0.3, 0.4) is 0 Å². The van der Waals surface area contributed by atoms with E-state index in [-0.39, 0.29) is 29.1 Å². The Morgan fingerprint density at radius 2 is 2.14 bits per heavy atom. The molecule has 1 aromatic rings. The number of para-hydroxylation sites is 1. The van der Waals surface area contributed by atoms with Gasteiger partial charge >= 0.3 is 0 Å². The van der Waals surface area contributed by atoms with Crippen LogP contribution in [0.5, 0.6) is 0 Å². The third-order valence-electron chi connectivity index (χ3n) is 3.50. The van der Waals surface area contributed by atoms with E-state index in [1.54, 1.807) is 6.07 Å². The lowest BCUT2D eigenvalue weighted by molar-refractivity contribution is -0.385. The second-order valence-corrected chi connectivity index (χ2v) is 7.09. The third kappa shape index (κ3) is 4.48. The number of sulfonamides is 1. The summed E-state index contributed by atoms with van der Waals surface area (Å²) in [4.78, 5) is 10.4. The van der Waals surface area contributed by atoms with Crippen LogP contribution in [0.2, 0.25) is 0 Å². The molecule has 0 saturated carbocycles. The van der Waals surface area contributed by atoms with E-state index in [9.17, 15) is 18.5 Å². The zero-order valence-electron chi connectivity index (χ0n) is 11.8. The van der Waals surface area contributed by atoms with E-state index in [2.05, 4.69) is 10.0 Å². The molecule has 1 aromatic carbocycles. The highest BCUT2D eigenvalue weighted by atomic mass is 32.2. The van der Waals surface area contributed by atoms with Gasteiger partial charge in [-0.2, -0.15) is 0 Å². The maximum Gasteiger partial charge on any atom is 0.273 e. The number of nitro benzene ring substituents is 1. The lowest BCUT2D eigenvalue weighted by Gasteiger charge is -2.28. The lowest BCUT2D eigenvalue weighted by Crippen LogP contribution is -2.46. The summed E-state index contributed by atoms with van der Waals surface area (Å²) < 4.78 is 27.0. The number of nitro groups is 1. The molecule has 116 valence electrons. The van der Waals surface area contributed by atoms with E-state index < -0.39 is 14.9 Å². The number of rotatable bonds is 5. The summed E-state index contributed by atoms with van der Waals surface area (Å²) in [6, 6.07) is 6.06. The molecule has 0 amide bonds. The van der Waals surface area contributed by atoms with Crippen molar-refractivity contribution in [3.8, 4) is 0 Å². The Morgan fingerprint density at radius 3 is 2.81 bits per heavy atom. The summed E-state index contributed by atoms with van der Waals surface area (Å²) in [7, 11) is -3.60. The molecule has 0 aliphatic carbocycles. The number of benzene rings is 1. The second-order valence-electron chi connectivity index (χ2n) is 5.34. The molecule has 0 spiro atoms. The molecular formula is C13H19N3O4S. The van der Waals surface area contributed by atoms with E-state index in [0.717, 1.165) is 19.4 Å². The first-order valence-electron chi connectivity index (χ1n) is 6.83. The summed E-state index contributed by atoms with van der Waals surface area (Å²) in [5, 5.41) is 14.2. The standard InChI is InChI=1S/C13H19N3O4S/c1-10-8-12(6-7-14-10)15-21(19,20)9-11-4-2-3-5-13(11)16(17)18/h2-5,10,12,14-15H,6-9H2,1H3. The van der Waals surface area contributed by atoms with E-state index in [4.69, 9.17) is 0 Å². The minimum absolute atomic E-state index is 0.117. The van der Waals surface area contributed by atoms with Crippen molar-refractivity contribution in [2.24, 2.45) is 0 Å². The molecule has 1 heterocycles. The SMILES string of the molecule is CC1CC(NS(=O)(=O)Cc2ccccc2[N+](=O)[O-])CCN1. The average Bonchev–Trinajstić information content (AvgIpc) is 2.37. The summed E-state index contributed by atoms with van der Waals surface area (Å²) in [5.74, 6) is -0.373. The number of nitrogens with zero attached hydrogens (tertiary/aromatic N) is 1. The first-order chi connectivity index (χ1) is 9.87. The van der Waals surface area contributed by atoms with Gasteiger partial charge in [0.25, 0.3) is 5.69 Å². The predicted molar refractivity (Wildman–Crippen MR) is 79.3 cm³/mol. The smallest absolute Gasteiger partial charge is 0.273 e. The number of nitrogens with one attached hydrogen (secondary N) is 2. The Hall–Kier alpha value is -1.51. The van der Waals surface area contributed by atoms with Crippen molar-refractivity contribution < 1.29 is 13.3 Å². The first-order valence-corrected chi connectivity index (χ1v) is 8.48. The Morgan fingerprint density at radius 1 is 1.43 bits per heavy atom. The highest BCUT2D eigenvalue weighted by molar-refractivity contribution is 7.88. The summed E-state index contributed by atoms with van der Waals surface area (Å²) in [6.07, 6.45) is 1.44. The second kappa shape index (κ2) is 6.50.